The number of amides is 2. The number of benzene rings is 1. The molecule has 0 saturated heterocycles. The molecular weight excluding hydrogens is 297 g/mol. The molecule has 2 N–H and O–H groups in total. The molecule has 0 aliphatic carbocycles. The Morgan fingerprint density at radius 3 is 2.77 bits per heavy atom. The molecule has 1 aromatic rings. The van der Waals surface area contributed by atoms with Gasteiger partial charge in [-0.2, -0.15) is 4.39 Å². The molecule has 8 nitrogen and oxygen atoms in total. The maximum Gasteiger partial charge on any atom is 0.341 e. The molecule has 1 aromatic carbocycles. The minimum absolute atomic E-state index is 0.134. The van der Waals surface area contributed by atoms with Crippen LogP contribution in [0.2, 0.25) is 0 Å². The van der Waals surface area contributed by atoms with Crippen molar-refractivity contribution >= 4 is 23.4 Å². The summed E-state index contributed by atoms with van der Waals surface area (Å²) in [5.41, 5.74) is -0.487. The molecule has 1 heterocycles. The predicted molar refractivity (Wildman–Crippen MR) is 73.2 cm³/mol. The lowest BCUT2D eigenvalue weighted by Crippen LogP contribution is -2.44. The standard InChI is InChI=1S/C13H12FN3O5/c1-2-8-10(12(18)19)11(16-13(20)15-8)6-3-4-7(14)9(5-6)17(21)22/h3-5,10-11H,2H2,1H3,(H,16,20)(H,18,19). The van der Waals surface area contributed by atoms with Crippen LogP contribution in [0.5, 0.6) is 0 Å². The lowest BCUT2D eigenvalue weighted by Gasteiger charge is -2.29. The van der Waals surface area contributed by atoms with Crippen LogP contribution in [0.15, 0.2) is 23.2 Å². The zero-order chi connectivity index (χ0) is 16.4. The molecule has 0 saturated carbocycles. The number of carbonyl (C=O) groups excluding carboxylic acids is 1. The van der Waals surface area contributed by atoms with E-state index in [0.717, 1.165) is 12.1 Å². The van der Waals surface area contributed by atoms with E-state index in [-0.39, 0.29) is 17.7 Å². The predicted octanol–water partition coefficient (Wildman–Crippen LogP) is 2.05. The van der Waals surface area contributed by atoms with Crippen LogP contribution in [-0.2, 0) is 4.79 Å². The van der Waals surface area contributed by atoms with Gasteiger partial charge in [0.25, 0.3) is 0 Å². The van der Waals surface area contributed by atoms with Gasteiger partial charge in [-0.3, -0.25) is 14.9 Å². The second-order valence-electron chi connectivity index (χ2n) is 4.67. The Hall–Kier alpha value is -2.84. The van der Waals surface area contributed by atoms with Crippen molar-refractivity contribution in [2.24, 2.45) is 10.9 Å². The first-order valence-corrected chi connectivity index (χ1v) is 6.39. The summed E-state index contributed by atoms with van der Waals surface area (Å²) < 4.78 is 13.4. The van der Waals surface area contributed by atoms with Crippen molar-refractivity contribution in [2.45, 2.75) is 19.4 Å². The normalized spacial score (nSPS) is 21.0. The summed E-state index contributed by atoms with van der Waals surface area (Å²) in [6.45, 7) is 1.65. The lowest BCUT2D eigenvalue weighted by molar-refractivity contribution is -0.387. The van der Waals surface area contributed by atoms with Crippen molar-refractivity contribution in [3.8, 4) is 0 Å². The third kappa shape index (κ3) is 2.78. The number of nitrogens with zero attached hydrogens (tertiary/aromatic N) is 2. The molecule has 0 radical (unpaired) electrons. The highest BCUT2D eigenvalue weighted by molar-refractivity contribution is 6.08. The topological polar surface area (TPSA) is 122 Å². The average Bonchev–Trinajstić information content (AvgIpc) is 2.45. The number of nitro benzene ring substituents is 1. The molecule has 0 aromatic heterocycles. The number of halogens is 1. The Bertz CT molecular complexity index is 688. The highest BCUT2D eigenvalue weighted by Gasteiger charge is 2.38. The first kappa shape index (κ1) is 15.5. The minimum atomic E-state index is -1.22. The lowest BCUT2D eigenvalue weighted by atomic mass is 9.86. The summed E-state index contributed by atoms with van der Waals surface area (Å²) in [6.07, 6.45) is 0.240. The maximum atomic E-state index is 13.4. The van der Waals surface area contributed by atoms with Gasteiger partial charge < -0.3 is 10.4 Å². The smallest absolute Gasteiger partial charge is 0.341 e. The number of aliphatic carboxylic acids is 1. The number of carboxylic acids is 1. The number of hydrogen-bond donors (Lipinski definition) is 2. The van der Waals surface area contributed by atoms with Gasteiger partial charge in [0.05, 0.1) is 11.0 Å². The number of carboxylic acid groups (broad SMARTS) is 1. The summed E-state index contributed by atoms with van der Waals surface area (Å²) >= 11 is 0. The van der Waals surface area contributed by atoms with Crippen molar-refractivity contribution in [3.05, 3.63) is 39.7 Å². The first-order chi connectivity index (χ1) is 10.3. The fraction of sp³-hybridized carbons (Fsp3) is 0.308. The molecule has 2 amide bonds. The molecule has 2 rings (SSSR count). The summed E-state index contributed by atoms with van der Waals surface area (Å²) in [6, 6.07) is 1.23. The largest absolute Gasteiger partial charge is 0.481 e. The zero-order valence-corrected chi connectivity index (χ0v) is 11.4. The highest BCUT2D eigenvalue weighted by Crippen LogP contribution is 2.31. The van der Waals surface area contributed by atoms with Crippen LogP contribution >= 0.6 is 0 Å². The SMILES string of the molecule is CCC1=NC(=O)NC(c2ccc(F)c([N+](=O)[O-])c2)C1C(=O)O. The molecule has 116 valence electrons. The second kappa shape index (κ2) is 5.88. The number of urea groups is 1. The van der Waals surface area contributed by atoms with Gasteiger partial charge in [-0.05, 0) is 18.1 Å². The quantitative estimate of drug-likeness (QED) is 0.651. The van der Waals surface area contributed by atoms with E-state index in [0.29, 0.717) is 0 Å². The van der Waals surface area contributed by atoms with Gasteiger partial charge >= 0.3 is 17.7 Å². The Kier molecular flexibility index (Phi) is 4.15. The molecule has 1 aliphatic rings. The number of carbonyl (C=O) groups is 2. The van der Waals surface area contributed by atoms with Crippen molar-refractivity contribution < 1.29 is 24.0 Å². The number of nitro groups is 1. The van der Waals surface area contributed by atoms with E-state index in [1.54, 1.807) is 6.92 Å². The summed E-state index contributed by atoms with van der Waals surface area (Å²) in [5.74, 6) is -3.42. The van der Waals surface area contributed by atoms with E-state index in [1.165, 1.54) is 6.07 Å². The van der Waals surface area contributed by atoms with Crippen molar-refractivity contribution in [1.82, 2.24) is 5.32 Å². The number of rotatable bonds is 4. The van der Waals surface area contributed by atoms with Gasteiger partial charge in [0.2, 0.25) is 5.82 Å². The van der Waals surface area contributed by atoms with Crippen LogP contribution in [-0.4, -0.2) is 27.7 Å². The van der Waals surface area contributed by atoms with E-state index >= 15 is 0 Å². The Labute approximate surface area is 123 Å². The monoisotopic (exact) mass is 309 g/mol. The van der Waals surface area contributed by atoms with Crippen LogP contribution in [0.3, 0.4) is 0 Å². The molecule has 1 aliphatic heterocycles. The minimum Gasteiger partial charge on any atom is -0.481 e. The Morgan fingerprint density at radius 2 is 2.23 bits per heavy atom. The molecular formula is C13H12FN3O5. The summed E-state index contributed by atoms with van der Waals surface area (Å²) in [4.78, 5) is 36.5. The van der Waals surface area contributed by atoms with Gasteiger partial charge in [-0.1, -0.05) is 13.0 Å². The molecule has 0 bridgehead atoms. The second-order valence-corrected chi connectivity index (χ2v) is 4.67. The van der Waals surface area contributed by atoms with Crippen molar-refractivity contribution in [2.75, 3.05) is 0 Å². The number of nitrogens with one attached hydrogen (secondary N) is 1. The van der Waals surface area contributed by atoms with Crippen molar-refractivity contribution in [1.29, 1.82) is 0 Å². The van der Waals surface area contributed by atoms with Crippen LogP contribution < -0.4 is 5.32 Å². The number of hydrogen-bond acceptors (Lipinski definition) is 4. The first-order valence-electron chi connectivity index (χ1n) is 6.39. The summed E-state index contributed by atoms with van der Waals surface area (Å²) in [7, 11) is 0. The Morgan fingerprint density at radius 1 is 1.55 bits per heavy atom. The number of aliphatic imine (C=N–C) groups is 1. The van der Waals surface area contributed by atoms with Crippen LogP contribution in [0.1, 0.15) is 24.9 Å². The van der Waals surface area contributed by atoms with E-state index in [9.17, 15) is 29.2 Å². The highest BCUT2D eigenvalue weighted by atomic mass is 19.1. The third-order valence-electron chi connectivity index (χ3n) is 3.37. The summed E-state index contributed by atoms with van der Waals surface area (Å²) in [5, 5.41) is 22.5. The maximum absolute atomic E-state index is 13.4. The molecule has 2 atom stereocenters. The molecule has 2 unspecified atom stereocenters. The zero-order valence-electron chi connectivity index (χ0n) is 11.4. The third-order valence-corrected chi connectivity index (χ3v) is 3.37. The van der Waals surface area contributed by atoms with Crippen molar-refractivity contribution in [3.63, 3.8) is 0 Å². The molecule has 9 heteroatoms. The van der Waals surface area contributed by atoms with E-state index < -0.39 is 40.4 Å². The average molecular weight is 309 g/mol. The van der Waals surface area contributed by atoms with Crippen LogP contribution in [0.25, 0.3) is 0 Å². The molecule has 0 spiro atoms. The molecule has 22 heavy (non-hydrogen) atoms. The van der Waals surface area contributed by atoms with Gasteiger partial charge in [0.15, 0.2) is 0 Å². The van der Waals surface area contributed by atoms with Gasteiger partial charge in [0.1, 0.15) is 5.92 Å². The molecule has 0 fully saturated rings. The van der Waals surface area contributed by atoms with Gasteiger partial charge in [-0.25, -0.2) is 9.79 Å². The fourth-order valence-corrected chi connectivity index (χ4v) is 2.36. The van der Waals surface area contributed by atoms with E-state index in [4.69, 9.17) is 0 Å². The van der Waals surface area contributed by atoms with Gasteiger partial charge in [-0.15, -0.1) is 0 Å². The van der Waals surface area contributed by atoms with Crippen LogP contribution in [0, 0.1) is 21.8 Å². The van der Waals surface area contributed by atoms with Crippen LogP contribution in [0.4, 0.5) is 14.9 Å². The van der Waals surface area contributed by atoms with E-state index in [1.807, 2.05) is 0 Å². The Balaban J connectivity index is 2.52. The fourth-order valence-electron chi connectivity index (χ4n) is 2.36. The van der Waals surface area contributed by atoms with Gasteiger partial charge in [0, 0.05) is 11.8 Å². The van der Waals surface area contributed by atoms with E-state index in [2.05, 4.69) is 10.3 Å².